The fraction of sp³-hybridized carbons (Fsp3) is 0.0455. The predicted molar refractivity (Wildman–Crippen MR) is 101 cm³/mol. The van der Waals surface area contributed by atoms with E-state index in [9.17, 15) is 9.59 Å². The summed E-state index contributed by atoms with van der Waals surface area (Å²) in [6.45, 7) is 0. The molecule has 0 aliphatic carbocycles. The molecular formula is C22H16N2O2. The maximum absolute atomic E-state index is 13.1. The molecule has 1 heterocycles. The molecule has 126 valence electrons. The minimum atomic E-state index is -0.944. The molecule has 26 heavy (non-hydrogen) atoms. The molecule has 3 aromatic carbocycles. The Balaban J connectivity index is 1.80. The molecule has 0 saturated heterocycles. The number of benzene rings is 3. The third-order valence-electron chi connectivity index (χ3n) is 4.33. The van der Waals surface area contributed by atoms with E-state index in [2.05, 4.69) is 5.10 Å². The second-order valence-corrected chi connectivity index (χ2v) is 6.00. The topological polar surface area (TPSA) is 49.7 Å². The minimum absolute atomic E-state index is 0.239. The Labute approximate surface area is 151 Å². The summed E-state index contributed by atoms with van der Waals surface area (Å²) in [4.78, 5) is 26.2. The number of hydrogen-bond donors (Lipinski definition) is 0. The first-order valence-electron chi connectivity index (χ1n) is 8.38. The summed E-state index contributed by atoms with van der Waals surface area (Å²) >= 11 is 0. The summed E-state index contributed by atoms with van der Waals surface area (Å²) < 4.78 is 0. The third-order valence-corrected chi connectivity index (χ3v) is 4.33. The zero-order valence-corrected chi connectivity index (χ0v) is 13.9. The molecule has 1 atom stereocenters. The van der Waals surface area contributed by atoms with Gasteiger partial charge in [0.2, 0.25) is 0 Å². The van der Waals surface area contributed by atoms with Crippen LogP contribution in [0, 0.1) is 5.92 Å². The van der Waals surface area contributed by atoms with Gasteiger partial charge in [0.05, 0.1) is 11.4 Å². The van der Waals surface area contributed by atoms with E-state index in [1.807, 2.05) is 54.6 Å². The van der Waals surface area contributed by atoms with Crippen LogP contribution >= 0.6 is 0 Å². The largest absolute Gasteiger partial charge is 0.293 e. The zero-order chi connectivity index (χ0) is 17.9. The number of hydrogen-bond acceptors (Lipinski definition) is 3. The molecule has 3 aromatic rings. The third kappa shape index (κ3) is 2.82. The van der Waals surface area contributed by atoms with E-state index in [4.69, 9.17) is 0 Å². The van der Waals surface area contributed by atoms with Gasteiger partial charge in [-0.25, -0.2) is 0 Å². The van der Waals surface area contributed by atoms with Gasteiger partial charge < -0.3 is 0 Å². The highest BCUT2D eigenvalue weighted by Crippen LogP contribution is 2.28. The Morgan fingerprint density at radius 1 is 0.769 bits per heavy atom. The van der Waals surface area contributed by atoms with Crippen LogP contribution in [-0.2, 0) is 4.79 Å². The normalized spacial score (nSPS) is 16.5. The van der Waals surface area contributed by atoms with Crippen LogP contribution in [0.2, 0.25) is 0 Å². The highest BCUT2D eigenvalue weighted by molar-refractivity contribution is 6.34. The number of carbonyl (C=O) groups excluding carboxylic acids is 2. The summed E-state index contributed by atoms with van der Waals surface area (Å²) in [6, 6.07) is 27.4. The lowest BCUT2D eigenvalue weighted by Gasteiger charge is -2.14. The summed E-state index contributed by atoms with van der Waals surface area (Å²) in [6.07, 6.45) is 0. The molecule has 0 unspecified atom stereocenters. The van der Waals surface area contributed by atoms with Crippen molar-refractivity contribution < 1.29 is 9.59 Å². The maximum atomic E-state index is 13.1. The van der Waals surface area contributed by atoms with Crippen molar-refractivity contribution in [2.75, 3.05) is 5.01 Å². The second kappa shape index (κ2) is 6.76. The standard InChI is InChI=1S/C22H16N2O2/c25-21(17-12-6-2-7-13-17)19-20(16-10-4-1-5-11-16)23-24(22(19)26)18-14-8-3-9-15-18/h1-15,19H/t19-/m1/s1. The van der Waals surface area contributed by atoms with E-state index in [0.717, 1.165) is 5.56 Å². The fourth-order valence-corrected chi connectivity index (χ4v) is 3.05. The first-order valence-corrected chi connectivity index (χ1v) is 8.38. The first-order chi connectivity index (χ1) is 12.8. The number of ketones is 1. The summed E-state index contributed by atoms with van der Waals surface area (Å²) in [7, 11) is 0. The molecule has 1 aliphatic heterocycles. The van der Waals surface area contributed by atoms with Gasteiger partial charge in [0.15, 0.2) is 5.78 Å². The average molecular weight is 340 g/mol. The first kappa shape index (κ1) is 16.0. The number of anilines is 1. The highest BCUT2D eigenvalue weighted by Gasteiger charge is 2.42. The number of amides is 1. The molecule has 0 aromatic heterocycles. The Kier molecular flexibility index (Phi) is 4.15. The van der Waals surface area contributed by atoms with E-state index in [1.165, 1.54) is 5.01 Å². The van der Waals surface area contributed by atoms with Crippen LogP contribution in [0.15, 0.2) is 96.1 Å². The Hall–Kier alpha value is -3.53. The molecule has 4 rings (SSSR count). The van der Waals surface area contributed by atoms with Crippen molar-refractivity contribution in [2.45, 2.75) is 0 Å². The molecule has 0 N–H and O–H groups in total. The average Bonchev–Trinajstić information content (AvgIpc) is 3.06. The Morgan fingerprint density at radius 3 is 1.92 bits per heavy atom. The van der Waals surface area contributed by atoms with Gasteiger partial charge in [-0.2, -0.15) is 10.1 Å². The van der Waals surface area contributed by atoms with Crippen LogP contribution in [0.4, 0.5) is 5.69 Å². The number of para-hydroxylation sites is 1. The summed E-state index contributed by atoms with van der Waals surface area (Å²) in [5, 5.41) is 5.84. The van der Waals surface area contributed by atoms with Crippen molar-refractivity contribution >= 4 is 23.1 Å². The highest BCUT2D eigenvalue weighted by atomic mass is 16.2. The number of carbonyl (C=O) groups is 2. The number of rotatable bonds is 4. The molecule has 0 bridgehead atoms. The number of Topliss-reactive ketones (excluding diaryl/α,β-unsaturated/α-hetero) is 1. The molecule has 0 fully saturated rings. The quantitative estimate of drug-likeness (QED) is 0.534. The molecule has 4 heteroatoms. The predicted octanol–water partition coefficient (Wildman–Crippen LogP) is 3.94. The van der Waals surface area contributed by atoms with E-state index < -0.39 is 5.92 Å². The van der Waals surface area contributed by atoms with Crippen molar-refractivity contribution in [2.24, 2.45) is 11.0 Å². The lowest BCUT2D eigenvalue weighted by molar-refractivity contribution is -0.118. The lowest BCUT2D eigenvalue weighted by atomic mass is 9.89. The van der Waals surface area contributed by atoms with Crippen molar-refractivity contribution in [3.8, 4) is 0 Å². The smallest absolute Gasteiger partial charge is 0.264 e. The van der Waals surface area contributed by atoms with Crippen LogP contribution in [0.5, 0.6) is 0 Å². The van der Waals surface area contributed by atoms with E-state index in [-0.39, 0.29) is 11.7 Å². The van der Waals surface area contributed by atoms with E-state index in [1.54, 1.807) is 36.4 Å². The van der Waals surface area contributed by atoms with Gasteiger partial charge in [-0.3, -0.25) is 9.59 Å². The Bertz CT molecular complexity index is 967. The van der Waals surface area contributed by atoms with Gasteiger partial charge >= 0.3 is 0 Å². The van der Waals surface area contributed by atoms with Crippen molar-refractivity contribution in [1.29, 1.82) is 0 Å². The van der Waals surface area contributed by atoms with Crippen LogP contribution in [0.25, 0.3) is 0 Å². The Morgan fingerprint density at radius 2 is 1.31 bits per heavy atom. The number of nitrogens with zero attached hydrogens (tertiary/aromatic N) is 2. The van der Waals surface area contributed by atoms with Crippen LogP contribution in [-0.4, -0.2) is 17.4 Å². The van der Waals surface area contributed by atoms with E-state index >= 15 is 0 Å². The van der Waals surface area contributed by atoms with Crippen LogP contribution in [0.1, 0.15) is 15.9 Å². The van der Waals surface area contributed by atoms with Crippen molar-refractivity contribution in [3.63, 3.8) is 0 Å². The van der Waals surface area contributed by atoms with Gasteiger partial charge in [0, 0.05) is 5.56 Å². The SMILES string of the molecule is O=C(c1ccccc1)[C@@H]1C(=O)N(c2ccccc2)N=C1c1ccccc1. The second-order valence-electron chi connectivity index (χ2n) is 6.00. The molecular weight excluding hydrogens is 324 g/mol. The van der Waals surface area contributed by atoms with Crippen LogP contribution in [0.3, 0.4) is 0 Å². The monoisotopic (exact) mass is 340 g/mol. The maximum Gasteiger partial charge on any atom is 0.264 e. The molecule has 4 nitrogen and oxygen atoms in total. The molecule has 0 saturated carbocycles. The van der Waals surface area contributed by atoms with Crippen LogP contribution < -0.4 is 5.01 Å². The fourth-order valence-electron chi connectivity index (χ4n) is 3.05. The molecule has 1 amide bonds. The summed E-state index contributed by atoms with van der Waals surface area (Å²) in [5.41, 5.74) is 2.40. The zero-order valence-electron chi connectivity index (χ0n) is 13.9. The summed E-state index contributed by atoms with van der Waals surface area (Å²) in [5.74, 6) is -1.51. The van der Waals surface area contributed by atoms with E-state index in [0.29, 0.717) is 17.0 Å². The molecule has 0 radical (unpaired) electrons. The minimum Gasteiger partial charge on any atom is -0.293 e. The number of hydrazone groups is 1. The van der Waals surface area contributed by atoms with Crippen molar-refractivity contribution in [3.05, 3.63) is 102 Å². The van der Waals surface area contributed by atoms with Crippen molar-refractivity contribution in [1.82, 2.24) is 0 Å². The van der Waals surface area contributed by atoms with Gasteiger partial charge in [0.1, 0.15) is 5.92 Å². The van der Waals surface area contributed by atoms with Gasteiger partial charge in [0.25, 0.3) is 5.91 Å². The van der Waals surface area contributed by atoms with Gasteiger partial charge in [-0.05, 0) is 17.7 Å². The molecule has 1 aliphatic rings. The van der Waals surface area contributed by atoms with Gasteiger partial charge in [-0.1, -0.05) is 78.9 Å². The lowest BCUT2D eigenvalue weighted by Crippen LogP contribution is -2.33. The van der Waals surface area contributed by atoms with Gasteiger partial charge in [-0.15, -0.1) is 0 Å². The molecule has 0 spiro atoms.